The molecule has 8 nitrogen and oxygen atoms in total. The molecule has 172 valence electrons. The molecule has 1 fully saturated rings. The Kier molecular flexibility index (Phi) is 6.50. The molecule has 1 saturated heterocycles. The summed E-state index contributed by atoms with van der Waals surface area (Å²) in [6, 6.07) is 16.4. The summed E-state index contributed by atoms with van der Waals surface area (Å²) < 4.78 is 36.2. The maximum atomic E-state index is 13.1. The number of nitrogens with zero attached hydrogens (tertiary/aromatic N) is 1. The van der Waals surface area contributed by atoms with E-state index in [4.69, 9.17) is 9.15 Å². The van der Waals surface area contributed by atoms with Gasteiger partial charge in [-0.2, -0.15) is 0 Å². The van der Waals surface area contributed by atoms with Crippen LogP contribution in [0.25, 0.3) is 11.3 Å². The first-order chi connectivity index (χ1) is 15.9. The molecule has 2 aromatic carbocycles. The lowest BCUT2D eigenvalue weighted by Crippen LogP contribution is -2.44. The van der Waals surface area contributed by atoms with Gasteiger partial charge >= 0.3 is 12.0 Å². The molecule has 0 saturated carbocycles. The summed E-state index contributed by atoms with van der Waals surface area (Å²) in [7, 11) is -2.22. The van der Waals surface area contributed by atoms with Crippen LogP contribution >= 0.6 is 0 Å². The fourth-order valence-electron chi connectivity index (χ4n) is 3.86. The van der Waals surface area contributed by atoms with Crippen LogP contribution in [-0.2, 0) is 14.6 Å². The Morgan fingerprint density at radius 1 is 1.03 bits per heavy atom. The molecule has 2 amide bonds. The van der Waals surface area contributed by atoms with E-state index >= 15 is 0 Å². The fraction of sp³-hybridized carbons (Fsp3) is 0.250. The number of ether oxygens (including phenoxy) is 1. The molecule has 1 aliphatic heterocycles. The van der Waals surface area contributed by atoms with Crippen molar-refractivity contribution in [2.75, 3.05) is 25.5 Å². The van der Waals surface area contributed by atoms with Crippen LogP contribution < -0.4 is 5.32 Å². The van der Waals surface area contributed by atoms with Gasteiger partial charge in [-0.1, -0.05) is 6.07 Å². The van der Waals surface area contributed by atoms with Crippen LogP contribution in [-0.4, -0.2) is 50.8 Å². The van der Waals surface area contributed by atoms with Crippen molar-refractivity contribution in [1.82, 2.24) is 4.90 Å². The number of benzene rings is 2. The molecule has 0 aliphatic carbocycles. The number of urea groups is 1. The van der Waals surface area contributed by atoms with E-state index in [2.05, 4.69) is 5.32 Å². The van der Waals surface area contributed by atoms with E-state index in [0.717, 1.165) is 5.56 Å². The van der Waals surface area contributed by atoms with Gasteiger partial charge in [0.1, 0.15) is 5.76 Å². The lowest BCUT2D eigenvalue weighted by molar-refractivity contribution is 0.0600. The average molecular weight is 469 g/mol. The smallest absolute Gasteiger partial charge is 0.337 e. The molecular formula is C24H24N2O6S. The number of esters is 1. The van der Waals surface area contributed by atoms with Crippen LogP contribution in [0.1, 0.15) is 23.2 Å². The zero-order valence-corrected chi connectivity index (χ0v) is 18.9. The van der Waals surface area contributed by atoms with Crippen molar-refractivity contribution >= 4 is 27.5 Å². The highest BCUT2D eigenvalue weighted by molar-refractivity contribution is 7.92. The Balaban J connectivity index is 1.37. The van der Waals surface area contributed by atoms with Gasteiger partial charge in [0.2, 0.25) is 0 Å². The quantitative estimate of drug-likeness (QED) is 0.563. The lowest BCUT2D eigenvalue weighted by atomic mass is 10.1. The zero-order valence-electron chi connectivity index (χ0n) is 18.1. The largest absolute Gasteiger partial charge is 0.465 e. The number of likely N-dealkylation sites (tertiary alicyclic amines) is 1. The summed E-state index contributed by atoms with van der Waals surface area (Å²) in [4.78, 5) is 26.2. The molecule has 1 N–H and O–H groups in total. The van der Waals surface area contributed by atoms with Crippen LogP contribution in [0.5, 0.6) is 0 Å². The summed E-state index contributed by atoms with van der Waals surface area (Å²) in [6.45, 7) is 0.633. The fourth-order valence-corrected chi connectivity index (χ4v) is 5.59. The molecule has 33 heavy (non-hydrogen) atoms. The van der Waals surface area contributed by atoms with Crippen molar-refractivity contribution in [1.29, 1.82) is 0 Å². The Hall–Kier alpha value is -3.59. The molecule has 0 bridgehead atoms. The number of carbonyl (C=O) groups is 2. The van der Waals surface area contributed by atoms with Gasteiger partial charge in [0.25, 0.3) is 0 Å². The Morgan fingerprint density at radius 3 is 2.39 bits per heavy atom. The molecule has 9 heteroatoms. The van der Waals surface area contributed by atoms with Crippen molar-refractivity contribution < 1.29 is 27.2 Å². The molecule has 0 radical (unpaired) electrons. The van der Waals surface area contributed by atoms with Crippen molar-refractivity contribution in [2.24, 2.45) is 0 Å². The van der Waals surface area contributed by atoms with E-state index in [0.29, 0.717) is 42.9 Å². The van der Waals surface area contributed by atoms with E-state index < -0.39 is 21.1 Å². The molecule has 0 atom stereocenters. The molecule has 0 spiro atoms. The maximum absolute atomic E-state index is 13.1. The minimum absolute atomic E-state index is 0.264. The summed E-state index contributed by atoms with van der Waals surface area (Å²) >= 11 is 0. The van der Waals surface area contributed by atoms with Gasteiger partial charge in [-0.05, 0) is 67.4 Å². The topological polar surface area (TPSA) is 106 Å². The van der Waals surface area contributed by atoms with E-state index in [-0.39, 0.29) is 10.9 Å². The van der Waals surface area contributed by atoms with Crippen molar-refractivity contribution in [3.05, 3.63) is 72.5 Å². The van der Waals surface area contributed by atoms with Crippen molar-refractivity contribution in [2.45, 2.75) is 23.0 Å². The Bertz CT molecular complexity index is 1230. The van der Waals surface area contributed by atoms with E-state index in [1.165, 1.54) is 13.2 Å². The predicted molar refractivity (Wildman–Crippen MR) is 123 cm³/mol. The van der Waals surface area contributed by atoms with Crippen LogP contribution in [0.15, 0.2) is 76.2 Å². The third-order valence-electron chi connectivity index (χ3n) is 5.69. The Labute approximate surface area is 192 Å². The van der Waals surface area contributed by atoms with Crippen LogP contribution in [0.2, 0.25) is 0 Å². The number of hydrogen-bond donors (Lipinski definition) is 1. The highest BCUT2D eigenvalue weighted by atomic mass is 32.2. The number of methoxy groups -OCH3 is 1. The monoisotopic (exact) mass is 468 g/mol. The first-order valence-electron chi connectivity index (χ1n) is 10.5. The number of rotatable bonds is 5. The third kappa shape index (κ3) is 4.93. The summed E-state index contributed by atoms with van der Waals surface area (Å²) in [5, 5.41) is 2.20. The van der Waals surface area contributed by atoms with Gasteiger partial charge in [-0.15, -0.1) is 0 Å². The summed E-state index contributed by atoms with van der Waals surface area (Å²) in [5.41, 5.74) is 1.61. The second-order valence-electron chi connectivity index (χ2n) is 7.74. The number of sulfone groups is 1. The van der Waals surface area contributed by atoms with E-state index in [9.17, 15) is 18.0 Å². The molecular weight excluding hydrogens is 444 g/mol. The van der Waals surface area contributed by atoms with Crippen molar-refractivity contribution in [3.8, 4) is 11.3 Å². The molecule has 4 rings (SSSR count). The van der Waals surface area contributed by atoms with Crippen LogP contribution in [0, 0.1) is 0 Å². The third-order valence-corrected chi connectivity index (χ3v) is 7.97. The van der Waals surface area contributed by atoms with Gasteiger partial charge in [0, 0.05) is 24.3 Å². The van der Waals surface area contributed by atoms with Gasteiger partial charge in [-0.3, -0.25) is 0 Å². The highest BCUT2D eigenvalue weighted by Gasteiger charge is 2.32. The van der Waals surface area contributed by atoms with Crippen LogP contribution in [0.4, 0.5) is 10.5 Å². The number of furan rings is 1. The Morgan fingerprint density at radius 2 is 1.76 bits per heavy atom. The molecule has 3 aromatic rings. The van der Waals surface area contributed by atoms with Gasteiger partial charge in [0.15, 0.2) is 9.84 Å². The maximum Gasteiger partial charge on any atom is 0.337 e. The number of anilines is 1. The number of piperidine rings is 1. The van der Waals surface area contributed by atoms with E-state index in [1.54, 1.807) is 59.7 Å². The summed E-state index contributed by atoms with van der Waals surface area (Å²) in [6.07, 6.45) is 2.26. The molecule has 0 unspecified atom stereocenters. The average Bonchev–Trinajstić information content (AvgIpc) is 3.39. The first kappa shape index (κ1) is 22.6. The second-order valence-corrected chi connectivity index (χ2v) is 9.96. The number of carbonyl (C=O) groups excluding carboxylic acids is 2. The van der Waals surface area contributed by atoms with Crippen LogP contribution in [0.3, 0.4) is 0 Å². The zero-order chi connectivity index (χ0) is 23.4. The minimum Gasteiger partial charge on any atom is -0.465 e. The number of amides is 2. The SMILES string of the molecule is COC(=O)c1cccc(NC(=O)N2CCC(S(=O)(=O)c3ccc(-c4ccco4)cc3)CC2)c1. The van der Waals surface area contributed by atoms with Crippen molar-refractivity contribution in [3.63, 3.8) is 0 Å². The van der Waals surface area contributed by atoms with Gasteiger partial charge in [-0.25, -0.2) is 18.0 Å². The molecule has 2 heterocycles. The number of hydrogen-bond acceptors (Lipinski definition) is 6. The normalized spacial score (nSPS) is 14.6. The molecule has 1 aliphatic rings. The first-order valence-corrected chi connectivity index (χ1v) is 12.1. The van der Waals surface area contributed by atoms with Gasteiger partial charge in [0.05, 0.1) is 29.1 Å². The highest BCUT2D eigenvalue weighted by Crippen LogP contribution is 2.27. The van der Waals surface area contributed by atoms with E-state index in [1.807, 2.05) is 6.07 Å². The standard InChI is InChI=1S/C24H24N2O6S/c1-31-23(27)18-4-2-5-19(16-18)25-24(28)26-13-11-21(12-14-26)33(29,30)20-9-7-17(8-10-20)22-6-3-15-32-22/h2-10,15-16,21H,11-14H2,1H3,(H,25,28). The predicted octanol–water partition coefficient (Wildman–Crippen LogP) is 4.20. The molecule has 1 aromatic heterocycles. The minimum atomic E-state index is -3.51. The second kappa shape index (κ2) is 9.50. The lowest BCUT2D eigenvalue weighted by Gasteiger charge is -2.31. The summed E-state index contributed by atoms with van der Waals surface area (Å²) in [5.74, 6) is 0.185. The number of nitrogens with one attached hydrogen (secondary N) is 1. The van der Waals surface area contributed by atoms with Gasteiger partial charge < -0.3 is 19.4 Å².